The average Bonchev–Trinajstić information content (AvgIpc) is 3.31. The number of nitrogens with zero attached hydrogens (tertiary/aromatic N) is 3. The van der Waals surface area contributed by atoms with E-state index in [1.54, 1.807) is 42.9 Å². The fourth-order valence-electron chi connectivity index (χ4n) is 4.68. The van der Waals surface area contributed by atoms with E-state index in [1.807, 2.05) is 0 Å². The Bertz CT molecular complexity index is 1600. The van der Waals surface area contributed by atoms with Crippen molar-refractivity contribution in [2.75, 3.05) is 12.4 Å². The molecule has 0 atom stereocenters. The number of benzene rings is 2. The van der Waals surface area contributed by atoms with Crippen LogP contribution in [0.1, 0.15) is 33.7 Å². The van der Waals surface area contributed by atoms with Gasteiger partial charge >= 0.3 is 6.36 Å². The Balaban J connectivity index is 1.48. The minimum absolute atomic E-state index is 0.00922. The van der Waals surface area contributed by atoms with E-state index in [4.69, 9.17) is 9.26 Å². The normalized spacial score (nSPS) is 12.9. The molecule has 2 aromatic carbocycles. The Labute approximate surface area is 214 Å². The smallest absolute Gasteiger partial charge is 0.494 e. The molecule has 0 radical (unpaired) electrons. The molecule has 1 amide bonds. The monoisotopic (exact) mass is 528 g/mol. The summed E-state index contributed by atoms with van der Waals surface area (Å²) < 4.78 is 55.9. The SMILES string of the molecule is COc1ccccc1-n1c(=O)c(NC(=O)c2noc3c2CCCc2cc(OC(F)(F)F)ccc2-3)c(C)n1C. The van der Waals surface area contributed by atoms with E-state index >= 15 is 0 Å². The number of amides is 1. The van der Waals surface area contributed by atoms with Gasteiger partial charge in [-0.3, -0.25) is 14.3 Å². The summed E-state index contributed by atoms with van der Waals surface area (Å²) >= 11 is 0. The zero-order chi connectivity index (χ0) is 27.2. The number of alkyl halides is 3. The lowest BCUT2D eigenvalue weighted by Gasteiger charge is -2.11. The average molecular weight is 528 g/mol. The van der Waals surface area contributed by atoms with Crippen LogP contribution in [-0.2, 0) is 19.9 Å². The molecule has 9 nitrogen and oxygen atoms in total. The molecule has 0 fully saturated rings. The molecule has 1 N–H and O–H groups in total. The van der Waals surface area contributed by atoms with Gasteiger partial charge < -0.3 is 19.3 Å². The van der Waals surface area contributed by atoms with Gasteiger partial charge in [0.25, 0.3) is 11.5 Å². The van der Waals surface area contributed by atoms with Crippen molar-refractivity contribution in [3.63, 3.8) is 0 Å². The second kappa shape index (κ2) is 9.43. The van der Waals surface area contributed by atoms with Gasteiger partial charge in [-0.25, -0.2) is 4.68 Å². The van der Waals surface area contributed by atoms with Crippen LogP contribution >= 0.6 is 0 Å². The molecule has 5 rings (SSSR count). The molecule has 38 heavy (non-hydrogen) atoms. The quantitative estimate of drug-likeness (QED) is 0.400. The molecule has 1 aliphatic rings. The lowest BCUT2D eigenvalue weighted by molar-refractivity contribution is -0.274. The van der Waals surface area contributed by atoms with E-state index in [2.05, 4.69) is 15.2 Å². The molecule has 4 aromatic rings. The number of nitrogens with one attached hydrogen (secondary N) is 1. The van der Waals surface area contributed by atoms with E-state index in [-0.39, 0.29) is 17.1 Å². The summed E-state index contributed by atoms with van der Waals surface area (Å²) in [5.74, 6) is -0.175. The first-order chi connectivity index (χ1) is 18.1. The van der Waals surface area contributed by atoms with Crippen molar-refractivity contribution in [3.8, 4) is 28.5 Å². The summed E-state index contributed by atoms with van der Waals surface area (Å²) in [6.07, 6.45) is -3.40. The van der Waals surface area contributed by atoms with Crippen LogP contribution in [0.5, 0.6) is 11.5 Å². The zero-order valence-corrected chi connectivity index (χ0v) is 20.7. The van der Waals surface area contributed by atoms with Crippen molar-refractivity contribution >= 4 is 11.6 Å². The topological polar surface area (TPSA) is 101 Å². The van der Waals surface area contributed by atoms with Gasteiger partial charge in [0.2, 0.25) is 0 Å². The molecule has 1 aliphatic carbocycles. The Hall–Kier alpha value is -4.48. The molecule has 0 saturated carbocycles. The molecular formula is C26H23F3N4O5. The number of halogens is 3. The number of anilines is 1. The van der Waals surface area contributed by atoms with E-state index < -0.39 is 17.8 Å². The minimum Gasteiger partial charge on any atom is -0.494 e. The first kappa shape index (κ1) is 25.2. The van der Waals surface area contributed by atoms with Gasteiger partial charge in [0, 0.05) is 18.2 Å². The van der Waals surface area contributed by atoms with Crippen LogP contribution in [-0.4, -0.2) is 33.9 Å². The number of ether oxygens (including phenoxy) is 2. The largest absolute Gasteiger partial charge is 0.573 e. The number of methoxy groups -OCH3 is 1. The van der Waals surface area contributed by atoms with Crippen molar-refractivity contribution in [2.24, 2.45) is 7.05 Å². The second-order valence-electron chi connectivity index (χ2n) is 8.79. The fraction of sp³-hybridized carbons (Fsp3) is 0.269. The maximum Gasteiger partial charge on any atom is 0.573 e. The summed E-state index contributed by atoms with van der Waals surface area (Å²) in [4.78, 5) is 26.7. The number of hydrogen-bond acceptors (Lipinski definition) is 6. The molecule has 0 unspecified atom stereocenters. The lowest BCUT2D eigenvalue weighted by Crippen LogP contribution is -2.24. The van der Waals surface area contributed by atoms with Gasteiger partial charge in [-0.1, -0.05) is 17.3 Å². The Morgan fingerprint density at radius 2 is 1.92 bits per heavy atom. The van der Waals surface area contributed by atoms with E-state index in [0.717, 1.165) is 0 Å². The summed E-state index contributed by atoms with van der Waals surface area (Å²) in [5.41, 5.74) is 2.28. The number of rotatable bonds is 5. The molecule has 2 aromatic heterocycles. The van der Waals surface area contributed by atoms with Crippen molar-refractivity contribution in [2.45, 2.75) is 32.5 Å². The number of carbonyl (C=O) groups is 1. The number of carbonyl (C=O) groups excluding carboxylic acids is 1. The van der Waals surface area contributed by atoms with Gasteiger partial charge in [0.1, 0.15) is 22.9 Å². The highest BCUT2D eigenvalue weighted by atomic mass is 19.4. The Morgan fingerprint density at radius 3 is 2.66 bits per heavy atom. The van der Waals surface area contributed by atoms with Crippen LogP contribution < -0.4 is 20.3 Å². The Kier molecular flexibility index (Phi) is 6.25. The highest BCUT2D eigenvalue weighted by molar-refractivity contribution is 6.05. The molecule has 0 bridgehead atoms. The third-order valence-electron chi connectivity index (χ3n) is 6.54. The van der Waals surface area contributed by atoms with Gasteiger partial charge in [-0.05, 0) is 62.1 Å². The van der Waals surface area contributed by atoms with Crippen molar-refractivity contribution in [1.82, 2.24) is 14.5 Å². The molecule has 0 aliphatic heterocycles. The Morgan fingerprint density at radius 1 is 1.16 bits per heavy atom. The molecular weight excluding hydrogens is 505 g/mol. The second-order valence-corrected chi connectivity index (χ2v) is 8.79. The minimum atomic E-state index is -4.80. The maximum atomic E-state index is 13.4. The third-order valence-corrected chi connectivity index (χ3v) is 6.54. The van der Waals surface area contributed by atoms with Crippen LogP contribution in [0.3, 0.4) is 0 Å². The number of hydrogen-bond donors (Lipinski definition) is 1. The predicted octanol–water partition coefficient (Wildman–Crippen LogP) is 4.79. The molecule has 0 saturated heterocycles. The van der Waals surface area contributed by atoms with Crippen LogP contribution in [0.2, 0.25) is 0 Å². The number of para-hydroxylation sites is 2. The molecule has 2 heterocycles. The van der Waals surface area contributed by atoms with Crippen LogP contribution in [0.25, 0.3) is 17.0 Å². The van der Waals surface area contributed by atoms with Gasteiger partial charge in [-0.15, -0.1) is 13.2 Å². The summed E-state index contributed by atoms with van der Waals surface area (Å²) in [6.45, 7) is 1.70. The number of aryl methyl sites for hydroxylation is 1. The standard InChI is InChI=1S/C26H23F3N4O5/c1-14-21(25(35)33(32(14)2)19-9-4-5-10-20(19)36-3)30-24(34)22-18-8-6-7-15-13-16(37-26(27,28)29)11-12-17(15)23(18)38-31-22/h4-5,9-13H,6-8H2,1-3H3,(H,30,34). The lowest BCUT2D eigenvalue weighted by atomic mass is 10.0. The fourth-order valence-corrected chi connectivity index (χ4v) is 4.68. The van der Waals surface area contributed by atoms with Gasteiger partial charge in [0.05, 0.1) is 12.8 Å². The molecule has 12 heteroatoms. The molecule has 198 valence electrons. The zero-order valence-electron chi connectivity index (χ0n) is 20.7. The van der Waals surface area contributed by atoms with Crippen molar-refractivity contribution < 1.29 is 32.0 Å². The maximum absolute atomic E-state index is 13.4. The summed E-state index contributed by atoms with van der Waals surface area (Å²) in [7, 11) is 3.19. The van der Waals surface area contributed by atoms with Crippen LogP contribution in [0.15, 0.2) is 51.8 Å². The van der Waals surface area contributed by atoms with E-state index in [0.29, 0.717) is 58.8 Å². The van der Waals surface area contributed by atoms with Gasteiger partial charge in [-0.2, -0.15) is 0 Å². The van der Waals surface area contributed by atoms with Crippen molar-refractivity contribution in [3.05, 3.63) is 75.3 Å². The van der Waals surface area contributed by atoms with Crippen molar-refractivity contribution in [1.29, 1.82) is 0 Å². The highest BCUT2D eigenvalue weighted by Crippen LogP contribution is 2.37. The third kappa shape index (κ3) is 4.42. The number of fused-ring (bicyclic) bond motifs is 3. The van der Waals surface area contributed by atoms with Crippen LogP contribution in [0.4, 0.5) is 18.9 Å². The van der Waals surface area contributed by atoms with Gasteiger partial charge in [0.15, 0.2) is 11.5 Å². The number of aromatic nitrogens is 3. The first-order valence-corrected chi connectivity index (χ1v) is 11.7. The summed E-state index contributed by atoms with van der Waals surface area (Å²) in [5, 5.41) is 6.63. The highest BCUT2D eigenvalue weighted by Gasteiger charge is 2.32. The van der Waals surface area contributed by atoms with E-state index in [9.17, 15) is 22.8 Å². The predicted molar refractivity (Wildman–Crippen MR) is 131 cm³/mol. The molecule has 0 spiro atoms. The van der Waals surface area contributed by atoms with E-state index in [1.165, 1.54) is 30.0 Å². The van der Waals surface area contributed by atoms with Crippen LogP contribution in [0, 0.1) is 6.92 Å². The first-order valence-electron chi connectivity index (χ1n) is 11.7. The summed E-state index contributed by atoms with van der Waals surface area (Å²) in [6, 6.07) is 11.0.